The number of aromatic nitrogens is 3. The maximum atomic E-state index is 12.1. The molecule has 2 fully saturated rings. The lowest BCUT2D eigenvalue weighted by Crippen LogP contribution is -2.50. The summed E-state index contributed by atoms with van der Waals surface area (Å²) in [5.41, 5.74) is 0. The van der Waals surface area contributed by atoms with Gasteiger partial charge >= 0.3 is 0 Å². The van der Waals surface area contributed by atoms with Crippen LogP contribution in [0.5, 0.6) is 0 Å². The third-order valence-corrected chi connectivity index (χ3v) is 4.87. The molecule has 3 heterocycles. The fraction of sp³-hybridized carbons (Fsp3) is 0.733. The first-order chi connectivity index (χ1) is 11.1. The van der Waals surface area contributed by atoms with E-state index in [1.165, 1.54) is 13.4 Å². The van der Waals surface area contributed by atoms with Crippen molar-refractivity contribution in [2.45, 2.75) is 38.4 Å². The number of piperidine rings is 1. The highest BCUT2D eigenvalue weighted by Crippen LogP contribution is 2.36. The highest BCUT2D eigenvalue weighted by Gasteiger charge is 2.45. The molecular formula is C15H23N5O3. The van der Waals surface area contributed by atoms with Crippen LogP contribution in [0.1, 0.15) is 19.8 Å². The van der Waals surface area contributed by atoms with Crippen molar-refractivity contribution in [1.29, 1.82) is 0 Å². The summed E-state index contributed by atoms with van der Waals surface area (Å²) >= 11 is 0. The molecule has 0 unspecified atom stereocenters. The van der Waals surface area contributed by atoms with E-state index in [4.69, 9.17) is 4.74 Å². The maximum absolute atomic E-state index is 12.1. The van der Waals surface area contributed by atoms with Gasteiger partial charge in [0.05, 0.1) is 12.6 Å². The number of hydrogen-bond donors (Lipinski definition) is 0. The molecular weight excluding hydrogens is 298 g/mol. The summed E-state index contributed by atoms with van der Waals surface area (Å²) in [7, 11) is 1.53. The summed E-state index contributed by atoms with van der Waals surface area (Å²) in [5, 5.41) is 4.14. The number of carbonyl (C=O) groups is 2. The molecule has 3 rings (SSSR count). The molecule has 0 bridgehead atoms. The Morgan fingerprint density at radius 1 is 1.39 bits per heavy atom. The van der Waals surface area contributed by atoms with Gasteiger partial charge in [-0.15, -0.1) is 0 Å². The molecule has 2 saturated heterocycles. The number of nitrogens with zero attached hydrogens (tertiary/aromatic N) is 5. The molecule has 2 aliphatic heterocycles. The fourth-order valence-corrected chi connectivity index (χ4v) is 3.99. The second kappa shape index (κ2) is 6.66. The van der Waals surface area contributed by atoms with Crippen LogP contribution in [0.2, 0.25) is 0 Å². The van der Waals surface area contributed by atoms with Crippen LogP contribution in [0.15, 0.2) is 12.7 Å². The zero-order valence-electron chi connectivity index (χ0n) is 13.6. The lowest BCUT2D eigenvalue weighted by Gasteiger charge is -2.38. The quantitative estimate of drug-likeness (QED) is 0.765. The molecule has 2 amide bonds. The number of likely N-dealkylation sites (tertiary alicyclic amines) is 2. The molecule has 3 atom stereocenters. The van der Waals surface area contributed by atoms with E-state index in [1.807, 2.05) is 9.80 Å². The van der Waals surface area contributed by atoms with Gasteiger partial charge in [-0.2, -0.15) is 5.10 Å². The Bertz CT molecular complexity index is 561. The van der Waals surface area contributed by atoms with Gasteiger partial charge in [0.25, 0.3) is 0 Å². The van der Waals surface area contributed by atoms with Crippen molar-refractivity contribution in [1.82, 2.24) is 24.6 Å². The Morgan fingerprint density at radius 3 is 2.87 bits per heavy atom. The normalized spacial score (nSPS) is 27.1. The van der Waals surface area contributed by atoms with Crippen LogP contribution in [0.25, 0.3) is 0 Å². The molecule has 0 aliphatic carbocycles. The molecule has 1 aromatic rings. The number of hydrogen-bond acceptors (Lipinski definition) is 5. The lowest BCUT2D eigenvalue weighted by molar-refractivity contribution is -0.138. The number of carbonyl (C=O) groups excluding carboxylic acids is 2. The minimum Gasteiger partial charge on any atom is -0.375 e. The van der Waals surface area contributed by atoms with Gasteiger partial charge in [0, 0.05) is 33.2 Å². The molecule has 0 radical (unpaired) electrons. The van der Waals surface area contributed by atoms with Crippen molar-refractivity contribution in [3.05, 3.63) is 12.7 Å². The maximum Gasteiger partial charge on any atom is 0.248 e. The van der Waals surface area contributed by atoms with Crippen molar-refractivity contribution in [3.8, 4) is 0 Å². The SMILES string of the molecule is COCC(=O)N1CC[C@@H]2[C@@H](C[C@H](Cn3cncn3)N2C(C)=O)C1. The average Bonchev–Trinajstić information content (AvgIpc) is 3.13. The molecule has 8 heteroatoms. The summed E-state index contributed by atoms with van der Waals surface area (Å²) < 4.78 is 6.71. The topological polar surface area (TPSA) is 80.6 Å². The van der Waals surface area contributed by atoms with E-state index in [0.29, 0.717) is 25.6 Å². The Morgan fingerprint density at radius 2 is 2.22 bits per heavy atom. The van der Waals surface area contributed by atoms with Crippen LogP contribution in [0.3, 0.4) is 0 Å². The van der Waals surface area contributed by atoms with E-state index >= 15 is 0 Å². The van der Waals surface area contributed by atoms with Crippen LogP contribution in [-0.2, 0) is 20.9 Å². The van der Waals surface area contributed by atoms with Gasteiger partial charge in [-0.3, -0.25) is 14.3 Å². The highest BCUT2D eigenvalue weighted by atomic mass is 16.5. The molecule has 1 aromatic heterocycles. The number of ether oxygens (including phenoxy) is 1. The predicted molar refractivity (Wildman–Crippen MR) is 81.3 cm³/mol. The van der Waals surface area contributed by atoms with E-state index in [2.05, 4.69) is 10.1 Å². The lowest BCUT2D eigenvalue weighted by atomic mass is 9.92. The number of amides is 2. The van der Waals surface area contributed by atoms with E-state index in [9.17, 15) is 9.59 Å². The second-order valence-electron chi connectivity index (χ2n) is 6.32. The zero-order valence-corrected chi connectivity index (χ0v) is 13.6. The van der Waals surface area contributed by atoms with E-state index in [0.717, 1.165) is 12.8 Å². The molecule has 126 valence electrons. The molecule has 0 spiro atoms. The Balaban J connectivity index is 1.70. The van der Waals surface area contributed by atoms with Gasteiger partial charge in [-0.1, -0.05) is 0 Å². The highest BCUT2D eigenvalue weighted by molar-refractivity contribution is 5.78. The van der Waals surface area contributed by atoms with Crippen molar-refractivity contribution in [2.24, 2.45) is 5.92 Å². The standard InChI is InChI=1S/C15H23N5O3/c1-11(21)20-13(7-19-10-16-9-17-19)5-12-6-18(4-3-14(12)20)15(22)8-23-2/h9-10,12-14H,3-8H2,1-2H3/t12-,13+,14+/m0/s1. The minimum atomic E-state index is 0.0278. The van der Waals surface area contributed by atoms with Crippen molar-refractivity contribution < 1.29 is 14.3 Å². The van der Waals surface area contributed by atoms with Crippen molar-refractivity contribution in [3.63, 3.8) is 0 Å². The Hall–Kier alpha value is -1.96. The third kappa shape index (κ3) is 3.21. The summed E-state index contributed by atoms with van der Waals surface area (Å²) in [6, 6.07) is 0.328. The molecule has 0 saturated carbocycles. The van der Waals surface area contributed by atoms with Crippen LogP contribution in [0.4, 0.5) is 0 Å². The Labute approximate surface area is 135 Å². The first-order valence-electron chi connectivity index (χ1n) is 7.98. The summed E-state index contributed by atoms with van der Waals surface area (Å²) in [4.78, 5) is 32.0. The number of methoxy groups -OCH3 is 1. The van der Waals surface area contributed by atoms with Gasteiger partial charge in [0.15, 0.2) is 0 Å². The van der Waals surface area contributed by atoms with Crippen molar-refractivity contribution >= 4 is 11.8 Å². The average molecular weight is 321 g/mol. The van der Waals surface area contributed by atoms with E-state index in [1.54, 1.807) is 17.9 Å². The predicted octanol–water partition coefficient (Wildman–Crippen LogP) is -0.238. The van der Waals surface area contributed by atoms with E-state index < -0.39 is 0 Å². The van der Waals surface area contributed by atoms with Gasteiger partial charge < -0.3 is 14.5 Å². The van der Waals surface area contributed by atoms with Crippen LogP contribution >= 0.6 is 0 Å². The number of fused-ring (bicyclic) bond motifs is 1. The van der Waals surface area contributed by atoms with Crippen molar-refractivity contribution in [2.75, 3.05) is 26.8 Å². The molecule has 8 nitrogen and oxygen atoms in total. The summed E-state index contributed by atoms with van der Waals surface area (Å²) in [5.74, 6) is 0.446. The van der Waals surface area contributed by atoms with Crippen LogP contribution in [0, 0.1) is 5.92 Å². The monoisotopic (exact) mass is 321 g/mol. The van der Waals surface area contributed by atoms with Gasteiger partial charge in [-0.25, -0.2) is 4.98 Å². The van der Waals surface area contributed by atoms with Crippen LogP contribution in [-0.4, -0.2) is 75.3 Å². The molecule has 0 aromatic carbocycles. The van der Waals surface area contributed by atoms with E-state index in [-0.39, 0.29) is 30.5 Å². The number of rotatable bonds is 4. The molecule has 2 aliphatic rings. The molecule has 0 N–H and O–H groups in total. The Kier molecular flexibility index (Phi) is 4.61. The second-order valence-corrected chi connectivity index (χ2v) is 6.32. The van der Waals surface area contributed by atoms with Crippen LogP contribution < -0.4 is 0 Å². The first-order valence-corrected chi connectivity index (χ1v) is 7.98. The minimum absolute atomic E-state index is 0.0278. The van der Waals surface area contributed by atoms with Gasteiger partial charge in [0.1, 0.15) is 19.3 Å². The third-order valence-electron chi connectivity index (χ3n) is 4.87. The zero-order chi connectivity index (χ0) is 16.4. The van der Waals surface area contributed by atoms with Gasteiger partial charge in [0.2, 0.25) is 11.8 Å². The first kappa shape index (κ1) is 15.9. The smallest absolute Gasteiger partial charge is 0.248 e. The summed E-state index contributed by atoms with van der Waals surface area (Å²) in [6.45, 7) is 3.78. The largest absolute Gasteiger partial charge is 0.375 e. The fourth-order valence-electron chi connectivity index (χ4n) is 3.99. The van der Waals surface area contributed by atoms with Gasteiger partial charge in [-0.05, 0) is 18.8 Å². The molecule has 23 heavy (non-hydrogen) atoms. The summed E-state index contributed by atoms with van der Waals surface area (Å²) in [6.07, 6.45) is 4.90.